The van der Waals surface area contributed by atoms with Crippen molar-refractivity contribution >= 4 is 0 Å². The fourth-order valence-corrected chi connectivity index (χ4v) is 2.84. The van der Waals surface area contributed by atoms with Gasteiger partial charge in [-0.05, 0) is 50.9 Å². The van der Waals surface area contributed by atoms with Gasteiger partial charge in [-0.25, -0.2) is 0 Å². The molecule has 0 radical (unpaired) electrons. The van der Waals surface area contributed by atoms with Crippen molar-refractivity contribution in [3.8, 4) is 5.75 Å². The average Bonchev–Trinajstić information content (AvgIpc) is 2.93. The summed E-state index contributed by atoms with van der Waals surface area (Å²) in [7, 11) is 0. The summed E-state index contributed by atoms with van der Waals surface area (Å²) in [5.41, 5.74) is 0. The first-order valence-electron chi connectivity index (χ1n) is 8.02. The third kappa shape index (κ3) is 5.14. The standard InChI is InChI=1S/C17H28N2O/c1-2-11-18-15-16-8-6-12-19(16)13-7-14-20-17-9-4-3-5-10-17/h3-5,9-10,16,18H,2,6-8,11-15H2,1H3. The van der Waals surface area contributed by atoms with Gasteiger partial charge in [0.1, 0.15) is 5.75 Å². The molecule has 20 heavy (non-hydrogen) atoms. The van der Waals surface area contributed by atoms with Crippen LogP contribution in [0.25, 0.3) is 0 Å². The molecule has 3 heteroatoms. The van der Waals surface area contributed by atoms with E-state index in [9.17, 15) is 0 Å². The monoisotopic (exact) mass is 276 g/mol. The second-order valence-electron chi connectivity index (χ2n) is 5.55. The Morgan fingerprint density at radius 3 is 2.95 bits per heavy atom. The van der Waals surface area contributed by atoms with E-state index in [-0.39, 0.29) is 0 Å². The molecule has 0 saturated carbocycles. The van der Waals surface area contributed by atoms with Crippen molar-refractivity contribution < 1.29 is 4.74 Å². The van der Waals surface area contributed by atoms with Crippen molar-refractivity contribution in [3.05, 3.63) is 30.3 Å². The largest absolute Gasteiger partial charge is 0.494 e. The quantitative estimate of drug-likeness (QED) is 0.702. The van der Waals surface area contributed by atoms with Gasteiger partial charge in [-0.1, -0.05) is 25.1 Å². The summed E-state index contributed by atoms with van der Waals surface area (Å²) in [6.07, 6.45) is 5.02. The minimum Gasteiger partial charge on any atom is -0.494 e. The van der Waals surface area contributed by atoms with Gasteiger partial charge in [-0.2, -0.15) is 0 Å². The van der Waals surface area contributed by atoms with Gasteiger partial charge in [0.2, 0.25) is 0 Å². The van der Waals surface area contributed by atoms with Crippen LogP contribution >= 0.6 is 0 Å². The molecular formula is C17H28N2O. The summed E-state index contributed by atoms with van der Waals surface area (Å²) in [4.78, 5) is 2.62. The van der Waals surface area contributed by atoms with Crippen molar-refractivity contribution in [2.24, 2.45) is 0 Å². The van der Waals surface area contributed by atoms with Crippen molar-refractivity contribution in [3.63, 3.8) is 0 Å². The van der Waals surface area contributed by atoms with Crippen LogP contribution in [0.4, 0.5) is 0 Å². The highest BCUT2D eigenvalue weighted by Gasteiger charge is 2.23. The topological polar surface area (TPSA) is 24.5 Å². The summed E-state index contributed by atoms with van der Waals surface area (Å²) < 4.78 is 5.76. The fraction of sp³-hybridized carbons (Fsp3) is 0.647. The third-order valence-corrected chi connectivity index (χ3v) is 3.91. The first kappa shape index (κ1) is 15.3. The lowest BCUT2D eigenvalue weighted by atomic mass is 10.2. The molecule has 1 aliphatic rings. The van der Waals surface area contributed by atoms with Crippen LogP contribution in [0.5, 0.6) is 5.75 Å². The smallest absolute Gasteiger partial charge is 0.119 e. The van der Waals surface area contributed by atoms with E-state index >= 15 is 0 Å². The van der Waals surface area contributed by atoms with E-state index in [2.05, 4.69) is 17.1 Å². The summed E-state index contributed by atoms with van der Waals surface area (Å²) in [5.74, 6) is 0.982. The van der Waals surface area contributed by atoms with Gasteiger partial charge >= 0.3 is 0 Å². The third-order valence-electron chi connectivity index (χ3n) is 3.91. The zero-order valence-electron chi connectivity index (χ0n) is 12.7. The lowest BCUT2D eigenvalue weighted by molar-refractivity contribution is 0.217. The van der Waals surface area contributed by atoms with Gasteiger partial charge in [0.25, 0.3) is 0 Å². The SMILES string of the molecule is CCCNCC1CCCN1CCCOc1ccccc1. The number of para-hydroxylation sites is 1. The Labute approximate surface area is 123 Å². The molecular weight excluding hydrogens is 248 g/mol. The second-order valence-corrected chi connectivity index (χ2v) is 5.55. The van der Waals surface area contributed by atoms with E-state index in [1.165, 1.54) is 25.8 Å². The molecule has 3 nitrogen and oxygen atoms in total. The maximum absolute atomic E-state index is 5.76. The van der Waals surface area contributed by atoms with Gasteiger partial charge < -0.3 is 10.1 Å². The van der Waals surface area contributed by atoms with Crippen LogP contribution in [-0.4, -0.2) is 43.7 Å². The predicted molar refractivity (Wildman–Crippen MR) is 84.3 cm³/mol. The minimum absolute atomic E-state index is 0.735. The van der Waals surface area contributed by atoms with Crippen LogP contribution in [0.2, 0.25) is 0 Å². The number of nitrogens with one attached hydrogen (secondary N) is 1. The Morgan fingerprint density at radius 2 is 2.15 bits per heavy atom. The normalized spacial score (nSPS) is 19.4. The van der Waals surface area contributed by atoms with Gasteiger partial charge in [0.05, 0.1) is 6.61 Å². The lowest BCUT2D eigenvalue weighted by Gasteiger charge is -2.24. The van der Waals surface area contributed by atoms with E-state index in [0.717, 1.165) is 44.5 Å². The number of ether oxygens (including phenoxy) is 1. The highest BCUT2D eigenvalue weighted by molar-refractivity contribution is 5.20. The Hall–Kier alpha value is -1.06. The molecule has 0 amide bonds. The van der Waals surface area contributed by atoms with E-state index in [4.69, 9.17) is 4.74 Å². The first-order chi connectivity index (χ1) is 9.90. The molecule has 1 saturated heterocycles. The molecule has 1 aromatic rings. The Kier molecular flexibility index (Phi) is 6.89. The molecule has 1 fully saturated rings. The van der Waals surface area contributed by atoms with Gasteiger partial charge in [0.15, 0.2) is 0 Å². The van der Waals surface area contributed by atoms with Crippen molar-refractivity contribution in [2.75, 3.05) is 32.8 Å². The van der Waals surface area contributed by atoms with Crippen LogP contribution in [-0.2, 0) is 0 Å². The number of hydrogen-bond donors (Lipinski definition) is 1. The van der Waals surface area contributed by atoms with Gasteiger partial charge in [-0.3, -0.25) is 4.90 Å². The molecule has 1 aliphatic heterocycles. The number of nitrogens with zero attached hydrogens (tertiary/aromatic N) is 1. The summed E-state index contributed by atoms with van der Waals surface area (Å²) in [5, 5.41) is 3.55. The molecule has 1 heterocycles. The molecule has 1 N–H and O–H groups in total. The Balaban J connectivity index is 1.60. The molecule has 1 unspecified atom stereocenters. The highest BCUT2D eigenvalue weighted by Crippen LogP contribution is 2.17. The first-order valence-corrected chi connectivity index (χ1v) is 8.02. The van der Waals surface area contributed by atoms with E-state index < -0.39 is 0 Å². The number of likely N-dealkylation sites (tertiary alicyclic amines) is 1. The van der Waals surface area contributed by atoms with E-state index in [0.29, 0.717) is 0 Å². The van der Waals surface area contributed by atoms with Crippen molar-refractivity contribution in [1.29, 1.82) is 0 Å². The molecule has 0 spiro atoms. The fourth-order valence-electron chi connectivity index (χ4n) is 2.84. The van der Waals surface area contributed by atoms with Crippen LogP contribution in [0.3, 0.4) is 0 Å². The summed E-state index contributed by atoms with van der Waals surface area (Å²) in [6, 6.07) is 10.8. The summed E-state index contributed by atoms with van der Waals surface area (Å²) >= 11 is 0. The Bertz CT molecular complexity index is 355. The zero-order valence-corrected chi connectivity index (χ0v) is 12.7. The maximum Gasteiger partial charge on any atom is 0.119 e. The summed E-state index contributed by atoms with van der Waals surface area (Å²) in [6.45, 7) is 7.74. The van der Waals surface area contributed by atoms with Crippen molar-refractivity contribution in [1.82, 2.24) is 10.2 Å². The predicted octanol–water partition coefficient (Wildman–Crippen LogP) is 2.92. The molecule has 0 aromatic heterocycles. The van der Waals surface area contributed by atoms with Gasteiger partial charge in [-0.15, -0.1) is 0 Å². The number of rotatable bonds is 9. The molecule has 112 valence electrons. The maximum atomic E-state index is 5.76. The minimum atomic E-state index is 0.735. The van der Waals surface area contributed by atoms with E-state index in [1.807, 2.05) is 30.3 Å². The number of benzene rings is 1. The number of hydrogen-bond acceptors (Lipinski definition) is 3. The molecule has 1 atom stereocenters. The molecule has 0 bridgehead atoms. The molecule has 1 aromatic carbocycles. The molecule has 2 rings (SSSR count). The van der Waals surface area contributed by atoms with Crippen LogP contribution in [0, 0.1) is 0 Å². The van der Waals surface area contributed by atoms with Crippen LogP contribution in [0.15, 0.2) is 30.3 Å². The highest BCUT2D eigenvalue weighted by atomic mass is 16.5. The van der Waals surface area contributed by atoms with Crippen LogP contribution < -0.4 is 10.1 Å². The average molecular weight is 276 g/mol. The van der Waals surface area contributed by atoms with Crippen LogP contribution in [0.1, 0.15) is 32.6 Å². The zero-order chi connectivity index (χ0) is 14.0. The van der Waals surface area contributed by atoms with Crippen molar-refractivity contribution in [2.45, 2.75) is 38.6 Å². The second kappa shape index (κ2) is 8.98. The van der Waals surface area contributed by atoms with Gasteiger partial charge in [0, 0.05) is 19.1 Å². The molecule has 0 aliphatic carbocycles. The Morgan fingerprint density at radius 1 is 1.30 bits per heavy atom. The lowest BCUT2D eigenvalue weighted by Crippen LogP contribution is -2.39. The van der Waals surface area contributed by atoms with E-state index in [1.54, 1.807) is 0 Å².